The van der Waals surface area contributed by atoms with Crippen LogP contribution in [0.1, 0.15) is 6.42 Å². The topological polar surface area (TPSA) is 38.7 Å². The average Bonchev–Trinajstić information content (AvgIpc) is 2.24. The van der Waals surface area contributed by atoms with E-state index in [1.807, 2.05) is 0 Å². The Balaban J connectivity index is 2.58. The van der Waals surface area contributed by atoms with E-state index in [0.29, 0.717) is 5.75 Å². The highest BCUT2D eigenvalue weighted by atomic mass is 79.9. The molecule has 0 fully saturated rings. The third-order valence-electron chi connectivity index (χ3n) is 2.02. The maximum Gasteiger partial charge on any atom is 0.391 e. The molecule has 0 aliphatic carbocycles. The van der Waals surface area contributed by atoms with Gasteiger partial charge in [0.1, 0.15) is 6.61 Å². The number of methoxy groups -OCH3 is 1. The summed E-state index contributed by atoms with van der Waals surface area (Å²) < 4.78 is 46.8. The molecule has 1 atom stereocenters. The molecular formula is C11H12BrF3O3. The second kappa shape index (κ2) is 6.29. The van der Waals surface area contributed by atoms with Crippen molar-refractivity contribution in [3.8, 4) is 11.5 Å². The highest BCUT2D eigenvalue weighted by Crippen LogP contribution is 2.30. The summed E-state index contributed by atoms with van der Waals surface area (Å²) in [6.07, 6.45) is -7.31. The fourth-order valence-corrected chi connectivity index (χ4v) is 1.61. The Labute approximate surface area is 111 Å². The van der Waals surface area contributed by atoms with E-state index < -0.39 is 25.3 Å². The van der Waals surface area contributed by atoms with Crippen molar-refractivity contribution in [3.05, 3.63) is 22.7 Å². The van der Waals surface area contributed by atoms with Crippen molar-refractivity contribution in [1.82, 2.24) is 0 Å². The first-order valence-electron chi connectivity index (χ1n) is 5.03. The molecule has 1 unspecified atom stereocenters. The van der Waals surface area contributed by atoms with Gasteiger partial charge in [-0.05, 0) is 18.2 Å². The van der Waals surface area contributed by atoms with E-state index in [1.54, 1.807) is 18.2 Å². The van der Waals surface area contributed by atoms with Gasteiger partial charge in [-0.25, -0.2) is 0 Å². The van der Waals surface area contributed by atoms with Crippen molar-refractivity contribution in [3.63, 3.8) is 0 Å². The molecule has 1 rings (SSSR count). The van der Waals surface area contributed by atoms with Gasteiger partial charge in [0.2, 0.25) is 0 Å². The number of aliphatic hydroxyl groups excluding tert-OH is 1. The fraction of sp³-hybridized carbons (Fsp3) is 0.455. The Hall–Kier alpha value is -0.950. The van der Waals surface area contributed by atoms with Crippen LogP contribution in [0, 0.1) is 0 Å². The summed E-state index contributed by atoms with van der Waals surface area (Å²) in [6, 6.07) is 4.82. The molecule has 0 radical (unpaired) electrons. The van der Waals surface area contributed by atoms with Gasteiger partial charge < -0.3 is 14.6 Å². The fourth-order valence-electron chi connectivity index (χ4n) is 1.27. The number of alkyl halides is 3. The second-order valence-electron chi connectivity index (χ2n) is 3.58. The van der Waals surface area contributed by atoms with E-state index in [-0.39, 0.29) is 5.75 Å². The largest absolute Gasteiger partial charge is 0.493 e. The Morgan fingerprint density at radius 3 is 2.56 bits per heavy atom. The third-order valence-corrected chi connectivity index (χ3v) is 2.52. The van der Waals surface area contributed by atoms with E-state index in [2.05, 4.69) is 15.9 Å². The summed E-state index contributed by atoms with van der Waals surface area (Å²) in [6.45, 7) is -0.447. The molecule has 3 nitrogen and oxygen atoms in total. The van der Waals surface area contributed by atoms with Gasteiger partial charge in [0.15, 0.2) is 11.5 Å². The van der Waals surface area contributed by atoms with E-state index in [1.165, 1.54) is 7.11 Å². The van der Waals surface area contributed by atoms with E-state index in [4.69, 9.17) is 14.6 Å². The molecule has 1 aromatic carbocycles. The van der Waals surface area contributed by atoms with Crippen LogP contribution >= 0.6 is 15.9 Å². The molecular weight excluding hydrogens is 317 g/mol. The lowest BCUT2D eigenvalue weighted by atomic mass is 10.2. The summed E-state index contributed by atoms with van der Waals surface area (Å²) in [5.41, 5.74) is 0. The monoisotopic (exact) mass is 328 g/mol. The van der Waals surface area contributed by atoms with Gasteiger partial charge in [-0.1, -0.05) is 15.9 Å². The first-order chi connectivity index (χ1) is 8.31. The van der Waals surface area contributed by atoms with Crippen LogP contribution in [0.3, 0.4) is 0 Å². The Bertz CT molecular complexity index is 396. The predicted octanol–water partition coefficient (Wildman–Crippen LogP) is 3.15. The molecule has 0 saturated heterocycles. The van der Waals surface area contributed by atoms with Crippen molar-refractivity contribution >= 4 is 15.9 Å². The molecule has 0 bridgehead atoms. The van der Waals surface area contributed by atoms with Crippen LogP contribution in [-0.2, 0) is 0 Å². The zero-order chi connectivity index (χ0) is 13.8. The molecule has 0 aromatic heterocycles. The van der Waals surface area contributed by atoms with Gasteiger partial charge >= 0.3 is 6.18 Å². The van der Waals surface area contributed by atoms with Crippen LogP contribution in [-0.4, -0.2) is 31.1 Å². The summed E-state index contributed by atoms with van der Waals surface area (Å²) >= 11 is 3.22. The first-order valence-corrected chi connectivity index (χ1v) is 5.82. The van der Waals surface area contributed by atoms with Gasteiger partial charge in [0.25, 0.3) is 0 Å². The van der Waals surface area contributed by atoms with Gasteiger partial charge in [0, 0.05) is 4.47 Å². The number of halogens is 4. The number of benzene rings is 1. The lowest BCUT2D eigenvalue weighted by Crippen LogP contribution is -2.25. The summed E-state index contributed by atoms with van der Waals surface area (Å²) in [7, 11) is 1.42. The maximum atomic E-state index is 12.0. The van der Waals surface area contributed by atoms with Gasteiger partial charge in [0.05, 0.1) is 19.6 Å². The van der Waals surface area contributed by atoms with Crippen LogP contribution in [0.4, 0.5) is 13.2 Å². The number of rotatable bonds is 5. The van der Waals surface area contributed by atoms with Crippen LogP contribution in [0.2, 0.25) is 0 Å². The van der Waals surface area contributed by atoms with Crippen molar-refractivity contribution in [2.45, 2.75) is 18.7 Å². The van der Waals surface area contributed by atoms with Crippen molar-refractivity contribution in [2.75, 3.05) is 13.7 Å². The third kappa shape index (κ3) is 5.14. The van der Waals surface area contributed by atoms with Crippen LogP contribution in [0.15, 0.2) is 22.7 Å². The highest BCUT2D eigenvalue weighted by molar-refractivity contribution is 9.10. The summed E-state index contributed by atoms with van der Waals surface area (Å²) in [5.74, 6) is 0.658. The van der Waals surface area contributed by atoms with Crippen LogP contribution in [0.25, 0.3) is 0 Å². The predicted molar refractivity (Wildman–Crippen MR) is 62.9 cm³/mol. The molecule has 0 amide bonds. The number of hydrogen-bond donors (Lipinski definition) is 1. The summed E-state index contributed by atoms with van der Waals surface area (Å²) in [4.78, 5) is 0. The molecule has 0 saturated carbocycles. The SMILES string of the molecule is COc1cc(Br)ccc1OCC(O)CC(F)(F)F. The minimum atomic E-state index is -4.41. The molecule has 0 aliphatic rings. The van der Waals surface area contributed by atoms with Gasteiger partial charge in [-0.15, -0.1) is 0 Å². The first kappa shape index (κ1) is 15.1. The Kier molecular flexibility index (Phi) is 5.28. The minimum absolute atomic E-state index is 0.280. The second-order valence-corrected chi connectivity index (χ2v) is 4.49. The highest BCUT2D eigenvalue weighted by Gasteiger charge is 2.31. The normalized spacial score (nSPS) is 13.2. The molecule has 0 heterocycles. The number of hydrogen-bond acceptors (Lipinski definition) is 3. The minimum Gasteiger partial charge on any atom is -0.493 e. The molecule has 18 heavy (non-hydrogen) atoms. The smallest absolute Gasteiger partial charge is 0.391 e. The lowest BCUT2D eigenvalue weighted by molar-refractivity contribution is -0.156. The van der Waals surface area contributed by atoms with Crippen molar-refractivity contribution in [2.24, 2.45) is 0 Å². The molecule has 0 spiro atoms. The zero-order valence-electron chi connectivity index (χ0n) is 9.50. The molecule has 1 aromatic rings. The van der Waals surface area contributed by atoms with Crippen LogP contribution in [0.5, 0.6) is 11.5 Å². The van der Waals surface area contributed by atoms with Crippen molar-refractivity contribution < 1.29 is 27.8 Å². The van der Waals surface area contributed by atoms with E-state index >= 15 is 0 Å². The average molecular weight is 329 g/mol. The van der Waals surface area contributed by atoms with E-state index in [0.717, 1.165) is 4.47 Å². The van der Waals surface area contributed by atoms with Gasteiger partial charge in [-0.2, -0.15) is 13.2 Å². The van der Waals surface area contributed by atoms with Gasteiger partial charge in [-0.3, -0.25) is 0 Å². The summed E-state index contributed by atoms with van der Waals surface area (Å²) in [5, 5.41) is 9.17. The maximum absolute atomic E-state index is 12.0. The Morgan fingerprint density at radius 1 is 1.33 bits per heavy atom. The molecule has 7 heteroatoms. The van der Waals surface area contributed by atoms with Crippen LogP contribution < -0.4 is 9.47 Å². The molecule has 1 N–H and O–H groups in total. The number of ether oxygens (including phenoxy) is 2. The Morgan fingerprint density at radius 2 is 2.00 bits per heavy atom. The van der Waals surface area contributed by atoms with E-state index in [9.17, 15) is 13.2 Å². The quantitative estimate of drug-likeness (QED) is 0.902. The standard InChI is InChI=1S/C11H12BrF3O3/c1-17-10-4-7(12)2-3-9(10)18-6-8(16)5-11(13,14)15/h2-4,8,16H,5-6H2,1H3. The molecule has 0 aliphatic heterocycles. The van der Waals surface area contributed by atoms with Crippen molar-refractivity contribution in [1.29, 1.82) is 0 Å². The number of aliphatic hydroxyl groups is 1. The zero-order valence-corrected chi connectivity index (χ0v) is 11.1. The lowest BCUT2D eigenvalue weighted by Gasteiger charge is -2.15. The molecule has 102 valence electrons.